The Balaban J connectivity index is 2.57. The summed E-state index contributed by atoms with van der Waals surface area (Å²) < 4.78 is 0. The number of aliphatic carboxylic acids is 1. The van der Waals surface area contributed by atoms with Crippen molar-refractivity contribution in [2.45, 2.75) is 58.2 Å². The van der Waals surface area contributed by atoms with Crippen LogP contribution in [-0.2, 0) is 19.2 Å². The molecule has 0 aliphatic carbocycles. The minimum atomic E-state index is -1.14. The molecule has 25 heavy (non-hydrogen) atoms. The molecule has 4 unspecified atom stereocenters. The van der Waals surface area contributed by atoms with Gasteiger partial charge in [0.05, 0.1) is 12.6 Å². The van der Waals surface area contributed by atoms with Crippen LogP contribution in [0.1, 0.15) is 40.0 Å². The van der Waals surface area contributed by atoms with E-state index < -0.39 is 35.9 Å². The molecule has 0 radical (unpaired) electrons. The second-order valence-corrected chi connectivity index (χ2v) is 6.44. The van der Waals surface area contributed by atoms with Gasteiger partial charge in [-0.2, -0.15) is 0 Å². The van der Waals surface area contributed by atoms with Gasteiger partial charge in [-0.3, -0.25) is 19.2 Å². The number of rotatable bonds is 8. The maximum absolute atomic E-state index is 12.3. The highest BCUT2D eigenvalue weighted by molar-refractivity contribution is 5.92. The van der Waals surface area contributed by atoms with E-state index >= 15 is 0 Å². The lowest BCUT2D eigenvalue weighted by atomic mass is 9.99. The molecule has 1 aliphatic heterocycles. The molecule has 4 atom stereocenters. The zero-order valence-corrected chi connectivity index (χ0v) is 14.9. The van der Waals surface area contributed by atoms with Gasteiger partial charge in [0.15, 0.2) is 0 Å². The van der Waals surface area contributed by atoms with Crippen LogP contribution in [0.5, 0.6) is 0 Å². The SMILES string of the molecule is CCC(C)C(N)C(=O)NCC(=O)N1CCCC1C(=O)NC(C)C(=O)O. The fourth-order valence-electron chi connectivity index (χ4n) is 2.60. The zero-order valence-electron chi connectivity index (χ0n) is 14.9. The lowest BCUT2D eigenvalue weighted by Gasteiger charge is -2.25. The van der Waals surface area contributed by atoms with Gasteiger partial charge < -0.3 is 26.4 Å². The number of amides is 3. The fourth-order valence-corrected chi connectivity index (χ4v) is 2.60. The lowest BCUT2D eigenvalue weighted by Crippen LogP contribution is -2.53. The Morgan fingerprint density at radius 1 is 1.28 bits per heavy atom. The molecular formula is C16H28N4O5. The summed E-state index contributed by atoms with van der Waals surface area (Å²) in [4.78, 5) is 48.6. The largest absolute Gasteiger partial charge is 0.480 e. The standard InChI is InChI=1S/C16H28N4O5/c1-4-9(2)13(17)15(23)18-8-12(21)20-7-5-6-11(20)14(22)19-10(3)16(24)25/h9-11,13H,4-8,17H2,1-3H3,(H,18,23)(H,19,22)(H,24,25). The zero-order chi connectivity index (χ0) is 19.1. The van der Waals surface area contributed by atoms with E-state index in [0.717, 1.165) is 6.42 Å². The Hall–Kier alpha value is -2.16. The van der Waals surface area contributed by atoms with Gasteiger partial charge in [-0.05, 0) is 25.7 Å². The van der Waals surface area contributed by atoms with Crippen molar-refractivity contribution in [3.8, 4) is 0 Å². The molecule has 0 saturated carbocycles. The van der Waals surface area contributed by atoms with Gasteiger partial charge in [0.25, 0.3) is 0 Å². The third kappa shape index (κ3) is 5.70. The van der Waals surface area contributed by atoms with Crippen molar-refractivity contribution in [3.05, 3.63) is 0 Å². The minimum Gasteiger partial charge on any atom is -0.480 e. The number of likely N-dealkylation sites (tertiary alicyclic amines) is 1. The van der Waals surface area contributed by atoms with E-state index in [1.54, 1.807) is 0 Å². The van der Waals surface area contributed by atoms with Crippen LogP contribution in [0.4, 0.5) is 0 Å². The first kappa shape index (κ1) is 20.9. The number of carboxylic acids is 1. The van der Waals surface area contributed by atoms with E-state index in [4.69, 9.17) is 10.8 Å². The van der Waals surface area contributed by atoms with Gasteiger partial charge in [0.1, 0.15) is 12.1 Å². The molecule has 0 spiro atoms. The normalized spacial score (nSPS) is 20.5. The number of nitrogens with two attached hydrogens (primary N) is 1. The van der Waals surface area contributed by atoms with E-state index in [-0.39, 0.29) is 18.4 Å². The van der Waals surface area contributed by atoms with E-state index in [9.17, 15) is 19.2 Å². The van der Waals surface area contributed by atoms with Crippen molar-refractivity contribution in [1.29, 1.82) is 0 Å². The molecule has 0 bridgehead atoms. The van der Waals surface area contributed by atoms with Crippen LogP contribution in [0.15, 0.2) is 0 Å². The molecule has 5 N–H and O–H groups in total. The molecule has 142 valence electrons. The third-order valence-corrected chi connectivity index (χ3v) is 4.58. The van der Waals surface area contributed by atoms with E-state index in [1.165, 1.54) is 11.8 Å². The lowest BCUT2D eigenvalue weighted by molar-refractivity contribution is -0.143. The molecule has 9 nitrogen and oxygen atoms in total. The summed E-state index contributed by atoms with van der Waals surface area (Å²) in [5.41, 5.74) is 5.81. The van der Waals surface area contributed by atoms with Crippen molar-refractivity contribution in [3.63, 3.8) is 0 Å². The van der Waals surface area contributed by atoms with Crippen LogP contribution < -0.4 is 16.4 Å². The molecule has 0 aromatic heterocycles. The molecule has 9 heteroatoms. The van der Waals surface area contributed by atoms with E-state index in [1.807, 2.05) is 13.8 Å². The average Bonchev–Trinajstić information content (AvgIpc) is 3.07. The first-order valence-electron chi connectivity index (χ1n) is 8.54. The summed E-state index contributed by atoms with van der Waals surface area (Å²) in [5.74, 6) is -2.43. The highest BCUT2D eigenvalue weighted by Crippen LogP contribution is 2.17. The van der Waals surface area contributed by atoms with Crippen LogP contribution >= 0.6 is 0 Å². The highest BCUT2D eigenvalue weighted by atomic mass is 16.4. The molecule has 0 aromatic carbocycles. The Kier molecular flexibility index (Phi) is 7.82. The molecule has 1 fully saturated rings. The highest BCUT2D eigenvalue weighted by Gasteiger charge is 2.35. The summed E-state index contributed by atoms with van der Waals surface area (Å²) in [5, 5.41) is 13.7. The van der Waals surface area contributed by atoms with Gasteiger partial charge in [-0.25, -0.2) is 0 Å². The third-order valence-electron chi connectivity index (χ3n) is 4.58. The molecule has 1 saturated heterocycles. The van der Waals surface area contributed by atoms with Gasteiger partial charge >= 0.3 is 5.97 Å². The van der Waals surface area contributed by atoms with Gasteiger partial charge in [-0.15, -0.1) is 0 Å². The molecule has 1 aliphatic rings. The fraction of sp³-hybridized carbons (Fsp3) is 0.750. The van der Waals surface area contributed by atoms with Crippen LogP contribution in [0, 0.1) is 5.92 Å². The first-order chi connectivity index (χ1) is 11.7. The number of hydrogen-bond acceptors (Lipinski definition) is 5. The number of carbonyl (C=O) groups is 4. The van der Waals surface area contributed by atoms with Crippen molar-refractivity contribution < 1.29 is 24.3 Å². The molecule has 3 amide bonds. The van der Waals surface area contributed by atoms with Gasteiger partial charge in [-0.1, -0.05) is 20.3 Å². The van der Waals surface area contributed by atoms with Crippen molar-refractivity contribution in [2.24, 2.45) is 11.7 Å². The number of hydrogen-bond donors (Lipinski definition) is 4. The quantitative estimate of drug-likeness (QED) is 0.442. The van der Waals surface area contributed by atoms with Crippen LogP contribution in [0.3, 0.4) is 0 Å². The second kappa shape index (κ2) is 9.36. The molecule has 0 aromatic rings. The van der Waals surface area contributed by atoms with Crippen LogP contribution in [-0.4, -0.2) is 64.9 Å². The summed E-state index contributed by atoms with van der Waals surface area (Å²) in [7, 11) is 0. The number of carbonyl (C=O) groups excluding carboxylic acids is 3. The minimum absolute atomic E-state index is 0.00192. The topological polar surface area (TPSA) is 142 Å². The Bertz CT molecular complexity index is 525. The molecule has 1 heterocycles. The van der Waals surface area contributed by atoms with E-state index in [2.05, 4.69) is 10.6 Å². The van der Waals surface area contributed by atoms with Gasteiger partial charge in [0, 0.05) is 6.54 Å². The maximum atomic E-state index is 12.3. The van der Waals surface area contributed by atoms with Gasteiger partial charge in [0.2, 0.25) is 17.7 Å². The number of carboxylic acid groups (broad SMARTS) is 1. The Labute approximate surface area is 147 Å². The number of nitrogens with zero attached hydrogens (tertiary/aromatic N) is 1. The van der Waals surface area contributed by atoms with E-state index in [0.29, 0.717) is 19.4 Å². The predicted molar refractivity (Wildman–Crippen MR) is 90.4 cm³/mol. The first-order valence-corrected chi connectivity index (χ1v) is 8.54. The smallest absolute Gasteiger partial charge is 0.325 e. The number of nitrogens with one attached hydrogen (secondary N) is 2. The second-order valence-electron chi connectivity index (χ2n) is 6.44. The molecular weight excluding hydrogens is 328 g/mol. The summed E-state index contributed by atoms with van der Waals surface area (Å²) in [6.45, 7) is 5.30. The summed E-state index contributed by atoms with van der Waals surface area (Å²) in [6, 6.07) is -2.43. The van der Waals surface area contributed by atoms with Crippen molar-refractivity contribution in [1.82, 2.24) is 15.5 Å². The Morgan fingerprint density at radius 2 is 1.92 bits per heavy atom. The van der Waals surface area contributed by atoms with Crippen LogP contribution in [0.2, 0.25) is 0 Å². The average molecular weight is 356 g/mol. The molecule has 1 rings (SSSR count). The maximum Gasteiger partial charge on any atom is 0.325 e. The van der Waals surface area contributed by atoms with Crippen molar-refractivity contribution >= 4 is 23.7 Å². The monoisotopic (exact) mass is 356 g/mol. The predicted octanol–water partition coefficient (Wildman–Crippen LogP) is -0.944. The summed E-state index contributed by atoms with van der Waals surface area (Å²) in [6.07, 6.45) is 1.86. The summed E-state index contributed by atoms with van der Waals surface area (Å²) >= 11 is 0. The van der Waals surface area contributed by atoms with Crippen molar-refractivity contribution in [2.75, 3.05) is 13.1 Å². The Morgan fingerprint density at radius 3 is 2.48 bits per heavy atom. The van der Waals surface area contributed by atoms with Crippen LogP contribution in [0.25, 0.3) is 0 Å².